The molecule has 1 heterocycles. The lowest BCUT2D eigenvalue weighted by Gasteiger charge is -2.03. The molecule has 0 aromatic heterocycles. The molecule has 16 heavy (non-hydrogen) atoms. The first-order valence-electron chi connectivity index (χ1n) is 4.97. The van der Waals surface area contributed by atoms with Crippen LogP contribution in [0.25, 0.3) is 10.8 Å². The number of cyclic esters (lactones) is 2. The molecule has 0 bridgehead atoms. The maximum absolute atomic E-state index is 11.6. The van der Waals surface area contributed by atoms with Gasteiger partial charge in [-0.3, -0.25) is 0 Å². The number of carbonyl (C=O) groups is 2. The van der Waals surface area contributed by atoms with Crippen LogP contribution in [0.3, 0.4) is 0 Å². The molecular weight excluding hydrogens is 204 g/mol. The fraction of sp³-hybridized carbons (Fsp3) is 0.0769. The molecule has 0 amide bonds. The van der Waals surface area contributed by atoms with Gasteiger partial charge in [-0.1, -0.05) is 24.3 Å². The number of benzene rings is 2. The molecule has 0 saturated carbocycles. The maximum atomic E-state index is 11.6. The molecule has 0 fully saturated rings. The van der Waals surface area contributed by atoms with E-state index in [9.17, 15) is 9.59 Å². The molecular formula is C13H8O3. The standard InChI is InChI=1S/C13H8O3/c1-7-3-2-4-9-8(7)5-6-10-11(9)13(15)16-12(10)14/h2-6H,1H3. The second kappa shape index (κ2) is 2.92. The molecule has 1 aliphatic rings. The van der Waals surface area contributed by atoms with Crippen molar-refractivity contribution in [3.63, 3.8) is 0 Å². The average Bonchev–Trinajstić information content (AvgIpc) is 2.55. The summed E-state index contributed by atoms with van der Waals surface area (Å²) in [5, 5.41) is 1.77. The van der Waals surface area contributed by atoms with Gasteiger partial charge in [0.25, 0.3) is 0 Å². The van der Waals surface area contributed by atoms with Crippen molar-refractivity contribution >= 4 is 22.7 Å². The van der Waals surface area contributed by atoms with Gasteiger partial charge in [0.05, 0.1) is 11.1 Å². The summed E-state index contributed by atoms with van der Waals surface area (Å²) in [5.74, 6) is -1.10. The van der Waals surface area contributed by atoms with Crippen molar-refractivity contribution in [2.24, 2.45) is 0 Å². The molecule has 0 atom stereocenters. The van der Waals surface area contributed by atoms with Crippen LogP contribution in [-0.4, -0.2) is 11.9 Å². The van der Waals surface area contributed by atoms with Gasteiger partial charge >= 0.3 is 11.9 Å². The summed E-state index contributed by atoms with van der Waals surface area (Å²) in [7, 11) is 0. The minimum Gasteiger partial charge on any atom is -0.386 e. The van der Waals surface area contributed by atoms with E-state index in [2.05, 4.69) is 4.74 Å². The van der Waals surface area contributed by atoms with Gasteiger partial charge in [0.1, 0.15) is 0 Å². The number of hydrogen-bond acceptors (Lipinski definition) is 3. The number of carbonyl (C=O) groups excluding carboxylic acids is 2. The van der Waals surface area contributed by atoms with Gasteiger partial charge in [0.2, 0.25) is 0 Å². The first kappa shape index (κ1) is 9.09. The molecule has 0 N–H and O–H groups in total. The fourth-order valence-electron chi connectivity index (χ4n) is 2.10. The van der Waals surface area contributed by atoms with Crippen LogP contribution in [0.4, 0.5) is 0 Å². The molecule has 0 saturated heterocycles. The van der Waals surface area contributed by atoms with Crippen LogP contribution >= 0.6 is 0 Å². The summed E-state index contributed by atoms with van der Waals surface area (Å²) >= 11 is 0. The van der Waals surface area contributed by atoms with Gasteiger partial charge in [-0.15, -0.1) is 0 Å². The van der Waals surface area contributed by atoms with E-state index in [1.807, 2.05) is 31.2 Å². The van der Waals surface area contributed by atoms with E-state index >= 15 is 0 Å². The number of aryl methyl sites for hydroxylation is 1. The highest BCUT2D eigenvalue weighted by Crippen LogP contribution is 2.29. The molecule has 2 aromatic rings. The van der Waals surface area contributed by atoms with Crippen molar-refractivity contribution in [2.75, 3.05) is 0 Å². The third-order valence-corrected chi connectivity index (χ3v) is 2.89. The SMILES string of the molecule is Cc1cccc2c3c(ccc12)C(=O)OC3=O. The number of hydrogen-bond donors (Lipinski definition) is 0. The molecule has 0 radical (unpaired) electrons. The Labute approximate surface area is 91.6 Å². The van der Waals surface area contributed by atoms with Crippen molar-refractivity contribution in [3.8, 4) is 0 Å². The molecule has 1 aliphatic heterocycles. The van der Waals surface area contributed by atoms with E-state index in [0.717, 1.165) is 16.3 Å². The van der Waals surface area contributed by atoms with Crippen LogP contribution in [0.1, 0.15) is 26.3 Å². The molecule has 0 unspecified atom stereocenters. The molecule has 3 nitrogen and oxygen atoms in total. The predicted molar refractivity (Wildman–Crippen MR) is 58.4 cm³/mol. The van der Waals surface area contributed by atoms with Crippen molar-refractivity contribution in [1.29, 1.82) is 0 Å². The Morgan fingerprint density at radius 2 is 1.75 bits per heavy atom. The highest BCUT2D eigenvalue weighted by atomic mass is 16.6. The van der Waals surface area contributed by atoms with Crippen LogP contribution in [0.15, 0.2) is 30.3 Å². The van der Waals surface area contributed by atoms with Crippen molar-refractivity contribution in [1.82, 2.24) is 0 Å². The first-order valence-corrected chi connectivity index (χ1v) is 4.97. The summed E-state index contributed by atoms with van der Waals surface area (Å²) in [4.78, 5) is 22.9. The van der Waals surface area contributed by atoms with E-state index in [-0.39, 0.29) is 0 Å². The van der Waals surface area contributed by atoms with Gasteiger partial charge in [-0.25, -0.2) is 9.59 Å². The monoisotopic (exact) mass is 212 g/mol. The minimum atomic E-state index is -0.552. The maximum Gasteiger partial charge on any atom is 0.347 e. The lowest BCUT2D eigenvalue weighted by Crippen LogP contribution is -1.97. The van der Waals surface area contributed by atoms with Crippen molar-refractivity contribution in [3.05, 3.63) is 47.0 Å². The van der Waals surface area contributed by atoms with Crippen molar-refractivity contribution in [2.45, 2.75) is 6.92 Å². The van der Waals surface area contributed by atoms with E-state index in [0.29, 0.717) is 11.1 Å². The largest absolute Gasteiger partial charge is 0.386 e. The third kappa shape index (κ3) is 1.03. The zero-order chi connectivity index (χ0) is 11.3. The zero-order valence-electron chi connectivity index (χ0n) is 8.61. The summed E-state index contributed by atoms with van der Waals surface area (Å²) in [6.07, 6.45) is 0. The third-order valence-electron chi connectivity index (χ3n) is 2.89. The number of rotatable bonds is 0. The van der Waals surface area contributed by atoms with E-state index in [1.165, 1.54) is 0 Å². The van der Waals surface area contributed by atoms with E-state index in [4.69, 9.17) is 0 Å². The van der Waals surface area contributed by atoms with Crippen molar-refractivity contribution < 1.29 is 14.3 Å². The van der Waals surface area contributed by atoms with Gasteiger partial charge in [-0.2, -0.15) is 0 Å². The summed E-state index contributed by atoms with van der Waals surface area (Å²) in [6, 6.07) is 9.17. The Bertz CT molecular complexity index is 641. The minimum absolute atomic E-state index is 0.364. The Kier molecular flexibility index (Phi) is 1.66. The van der Waals surface area contributed by atoms with Gasteiger partial charge in [0.15, 0.2) is 0 Å². The van der Waals surface area contributed by atoms with Crippen LogP contribution in [0.5, 0.6) is 0 Å². The Morgan fingerprint density at radius 1 is 0.938 bits per heavy atom. The lowest BCUT2D eigenvalue weighted by molar-refractivity contribution is 0.0444. The van der Waals surface area contributed by atoms with Crippen LogP contribution < -0.4 is 0 Å². The Balaban J connectivity index is 2.50. The first-order chi connectivity index (χ1) is 7.68. The summed E-state index contributed by atoms with van der Waals surface area (Å²) in [5.41, 5.74) is 1.83. The van der Waals surface area contributed by atoms with Crippen LogP contribution in [0.2, 0.25) is 0 Å². The van der Waals surface area contributed by atoms with E-state index < -0.39 is 11.9 Å². The number of esters is 2. The average molecular weight is 212 g/mol. The second-order valence-corrected chi connectivity index (χ2v) is 3.84. The molecule has 78 valence electrons. The lowest BCUT2D eigenvalue weighted by atomic mass is 9.98. The van der Waals surface area contributed by atoms with Gasteiger partial charge in [-0.05, 0) is 29.3 Å². The molecule has 3 rings (SSSR count). The quantitative estimate of drug-likeness (QED) is 0.497. The number of fused-ring (bicyclic) bond motifs is 3. The Morgan fingerprint density at radius 3 is 2.56 bits per heavy atom. The van der Waals surface area contributed by atoms with Gasteiger partial charge in [0, 0.05) is 0 Å². The topological polar surface area (TPSA) is 43.4 Å². The normalized spacial score (nSPS) is 14.1. The van der Waals surface area contributed by atoms with Crippen LogP contribution in [-0.2, 0) is 4.74 Å². The summed E-state index contributed by atoms with van der Waals surface area (Å²) in [6.45, 7) is 1.97. The van der Waals surface area contributed by atoms with Gasteiger partial charge < -0.3 is 4.74 Å². The molecule has 0 aliphatic carbocycles. The summed E-state index contributed by atoms with van der Waals surface area (Å²) < 4.78 is 4.60. The molecule has 3 heteroatoms. The molecule has 2 aromatic carbocycles. The fourth-order valence-corrected chi connectivity index (χ4v) is 2.10. The van der Waals surface area contributed by atoms with E-state index in [1.54, 1.807) is 6.07 Å². The highest BCUT2D eigenvalue weighted by Gasteiger charge is 2.31. The second-order valence-electron chi connectivity index (χ2n) is 3.84. The van der Waals surface area contributed by atoms with Crippen LogP contribution in [0, 0.1) is 6.92 Å². The number of ether oxygens (including phenoxy) is 1. The zero-order valence-corrected chi connectivity index (χ0v) is 8.61. The molecule has 0 spiro atoms. The predicted octanol–water partition coefficient (Wildman–Crippen LogP) is 2.46. The smallest absolute Gasteiger partial charge is 0.347 e. The highest BCUT2D eigenvalue weighted by molar-refractivity contribution is 6.21. The Hall–Kier alpha value is -2.16.